The Morgan fingerprint density at radius 1 is 1.15 bits per heavy atom. The number of Topliss-reactive ketones (excluding diaryl/α,β-unsaturated/α-hetero) is 1. The lowest BCUT2D eigenvalue weighted by Gasteiger charge is -2.19. The van der Waals surface area contributed by atoms with Gasteiger partial charge in [0.1, 0.15) is 0 Å². The Morgan fingerprint density at radius 3 is 2.25 bits per heavy atom. The highest BCUT2D eigenvalue weighted by molar-refractivity contribution is 7.89. The minimum atomic E-state index is -3.79. The quantitative estimate of drug-likeness (QED) is 0.746. The monoisotopic (exact) mass is 298 g/mol. The molecule has 0 atom stereocenters. The Balaban J connectivity index is 3.07. The maximum Gasteiger partial charge on any atom is 0.243 e. The van der Waals surface area contributed by atoms with E-state index in [4.69, 9.17) is 0 Å². The molecule has 1 aromatic rings. The second-order valence-corrected chi connectivity index (χ2v) is 6.68. The molecule has 0 bridgehead atoms. The van der Waals surface area contributed by atoms with E-state index < -0.39 is 10.0 Å². The number of benzene rings is 1. The van der Waals surface area contributed by atoms with E-state index in [9.17, 15) is 18.0 Å². The van der Waals surface area contributed by atoms with E-state index in [0.29, 0.717) is 5.56 Å². The van der Waals surface area contributed by atoms with Crippen molar-refractivity contribution in [3.05, 3.63) is 29.8 Å². The SMILES string of the molecule is CC(=O)c1cccc(S(=O)(=O)N(C)CC(=O)N(C)C)c1. The summed E-state index contributed by atoms with van der Waals surface area (Å²) in [7, 11) is 0.650. The summed E-state index contributed by atoms with van der Waals surface area (Å²) in [6, 6.07) is 5.77. The molecule has 1 rings (SSSR count). The van der Waals surface area contributed by atoms with E-state index in [1.165, 1.54) is 37.1 Å². The summed E-state index contributed by atoms with van der Waals surface area (Å²) in [5.74, 6) is -0.534. The van der Waals surface area contributed by atoms with Gasteiger partial charge in [0.2, 0.25) is 15.9 Å². The topological polar surface area (TPSA) is 74.8 Å². The summed E-state index contributed by atoms with van der Waals surface area (Å²) in [5, 5.41) is 0. The van der Waals surface area contributed by atoms with Crippen LogP contribution < -0.4 is 0 Å². The molecule has 0 unspecified atom stereocenters. The van der Waals surface area contributed by atoms with Crippen LogP contribution in [0.25, 0.3) is 0 Å². The molecule has 0 aliphatic heterocycles. The molecule has 0 aliphatic rings. The zero-order valence-corrected chi connectivity index (χ0v) is 12.8. The van der Waals surface area contributed by atoms with E-state index >= 15 is 0 Å². The molecule has 0 aromatic heterocycles. The molecule has 0 heterocycles. The lowest BCUT2D eigenvalue weighted by atomic mass is 10.2. The highest BCUT2D eigenvalue weighted by atomic mass is 32.2. The molecule has 0 aliphatic carbocycles. The fourth-order valence-electron chi connectivity index (χ4n) is 1.47. The first-order chi connectivity index (χ1) is 9.16. The average molecular weight is 298 g/mol. The molecule has 7 heteroatoms. The van der Waals surface area contributed by atoms with Crippen LogP contribution in [0.4, 0.5) is 0 Å². The van der Waals surface area contributed by atoms with Crippen molar-refractivity contribution in [1.82, 2.24) is 9.21 Å². The Morgan fingerprint density at radius 2 is 1.75 bits per heavy atom. The summed E-state index contributed by atoms with van der Waals surface area (Å²) in [4.78, 5) is 24.2. The van der Waals surface area contributed by atoms with Gasteiger partial charge in [-0.15, -0.1) is 0 Å². The fraction of sp³-hybridized carbons (Fsp3) is 0.385. The number of hydrogen-bond acceptors (Lipinski definition) is 4. The van der Waals surface area contributed by atoms with E-state index in [1.807, 2.05) is 0 Å². The molecule has 0 saturated carbocycles. The van der Waals surface area contributed by atoms with Crippen LogP contribution >= 0.6 is 0 Å². The number of carbonyl (C=O) groups is 2. The number of nitrogens with zero attached hydrogens (tertiary/aromatic N) is 2. The highest BCUT2D eigenvalue weighted by Crippen LogP contribution is 2.16. The van der Waals surface area contributed by atoms with E-state index in [0.717, 1.165) is 4.31 Å². The Kier molecular flexibility index (Phi) is 5.02. The van der Waals surface area contributed by atoms with Gasteiger partial charge in [-0.2, -0.15) is 4.31 Å². The summed E-state index contributed by atoms with van der Waals surface area (Å²) in [6.07, 6.45) is 0. The van der Waals surface area contributed by atoms with E-state index in [-0.39, 0.29) is 23.1 Å². The lowest BCUT2D eigenvalue weighted by molar-refractivity contribution is -0.128. The fourth-order valence-corrected chi connectivity index (χ4v) is 2.64. The van der Waals surface area contributed by atoms with Crippen molar-refractivity contribution in [3.63, 3.8) is 0 Å². The molecule has 6 nitrogen and oxygen atoms in total. The third-order valence-electron chi connectivity index (χ3n) is 2.81. The summed E-state index contributed by atoms with van der Waals surface area (Å²) in [5.41, 5.74) is 0.318. The van der Waals surface area contributed by atoms with Crippen LogP contribution in [0.1, 0.15) is 17.3 Å². The highest BCUT2D eigenvalue weighted by Gasteiger charge is 2.24. The second kappa shape index (κ2) is 6.15. The van der Waals surface area contributed by atoms with Crippen molar-refractivity contribution in [1.29, 1.82) is 0 Å². The molecule has 0 fully saturated rings. The molecular formula is C13H18N2O4S. The van der Waals surface area contributed by atoms with Crippen LogP contribution in [0.2, 0.25) is 0 Å². The maximum atomic E-state index is 12.3. The van der Waals surface area contributed by atoms with Gasteiger partial charge in [0, 0.05) is 26.7 Å². The van der Waals surface area contributed by atoms with Gasteiger partial charge in [0.15, 0.2) is 5.78 Å². The third kappa shape index (κ3) is 3.64. The van der Waals surface area contributed by atoms with Crippen molar-refractivity contribution < 1.29 is 18.0 Å². The third-order valence-corrected chi connectivity index (χ3v) is 4.60. The van der Waals surface area contributed by atoms with Crippen LogP contribution in [-0.4, -0.2) is 57.0 Å². The predicted molar refractivity (Wildman–Crippen MR) is 75.0 cm³/mol. The number of likely N-dealkylation sites (N-methyl/N-ethyl adjacent to an activating group) is 2. The molecule has 0 spiro atoms. The molecule has 0 N–H and O–H groups in total. The van der Waals surface area contributed by atoms with Crippen molar-refractivity contribution >= 4 is 21.7 Å². The number of ketones is 1. The van der Waals surface area contributed by atoms with Crippen molar-refractivity contribution in [2.75, 3.05) is 27.7 Å². The van der Waals surface area contributed by atoms with Crippen molar-refractivity contribution in [3.8, 4) is 0 Å². The normalized spacial score (nSPS) is 11.4. The Labute approximate surface area is 119 Å². The zero-order chi connectivity index (χ0) is 15.5. The summed E-state index contributed by atoms with van der Waals surface area (Å²) >= 11 is 0. The van der Waals surface area contributed by atoms with Crippen LogP contribution in [-0.2, 0) is 14.8 Å². The molecular weight excluding hydrogens is 280 g/mol. The van der Waals surface area contributed by atoms with Gasteiger partial charge in [0.05, 0.1) is 11.4 Å². The lowest BCUT2D eigenvalue weighted by Crippen LogP contribution is -2.37. The average Bonchev–Trinajstić information content (AvgIpc) is 2.38. The number of carbonyl (C=O) groups excluding carboxylic acids is 2. The standard InChI is InChI=1S/C13H18N2O4S/c1-10(16)11-6-5-7-12(8-11)20(18,19)15(4)9-13(17)14(2)3/h5-8H,9H2,1-4H3. The summed E-state index contributed by atoms with van der Waals surface area (Å²) in [6.45, 7) is 1.12. The molecule has 0 saturated heterocycles. The van der Waals surface area contributed by atoms with Crippen LogP contribution in [0, 0.1) is 0 Å². The molecule has 1 aromatic carbocycles. The van der Waals surface area contributed by atoms with Gasteiger partial charge in [-0.3, -0.25) is 9.59 Å². The second-order valence-electron chi connectivity index (χ2n) is 4.63. The predicted octanol–water partition coefficient (Wildman–Crippen LogP) is 0.598. The largest absolute Gasteiger partial charge is 0.348 e. The van der Waals surface area contributed by atoms with Gasteiger partial charge in [-0.25, -0.2) is 8.42 Å². The first-order valence-corrected chi connectivity index (χ1v) is 7.37. The number of amides is 1. The zero-order valence-electron chi connectivity index (χ0n) is 12.0. The number of rotatable bonds is 5. The number of sulfonamides is 1. The summed E-state index contributed by atoms with van der Waals surface area (Å²) < 4.78 is 25.6. The minimum absolute atomic E-state index is 0.000689. The molecule has 0 radical (unpaired) electrons. The van der Waals surface area contributed by atoms with E-state index in [2.05, 4.69) is 0 Å². The Bertz CT molecular complexity index is 623. The van der Waals surface area contributed by atoms with Gasteiger partial charge in [-0.1, -0.05) is 12.1 Å². The minimum Gasteiger partial charge on any atom is -0.348 e. The van der Waals surface area contributed by atoms with Crippen molar-refractivity contribution in [2.45, 2.75) is 11.8 Å². The number of hydrogen-bond donors (Lipinski definition) is 0. The van der Waals surface area contributed by atoms with Crippen LogP contribution in [0.15, 0.2) is 29.2 Å². The molecule has 20 heavy (non-hydrogen) atoms. The Hall–Kier alpha value is -1.73. The maximum absolute atomic E-state index is 12.3. The van der Waals surface area contributed by atoms with E-state index in [1.54, 1.807) is 20.2 Å². The van der Waals surface area contributed by atoms with Crippen molar-refractivity contribution in [2.24, 2.45) is 0 Å². The first-order valence-electron chi connectivity index (χ1n) is 5.93. The van der Waals surface area contributed by atoms with Crippen LogP contribution in [0.5, 0.6) is 0 Å². The van der Waals surface area contributed by atoms with Gasteiger partial charge in [0.25, 0.3) is 0 Å². The van der Waals surface area contributed by atoms with Crippen LogP contribution in [0.3, 0.4) is 0 Å². The first kappa shape index (κ1) is 16.3. The van der Waals surface area contributed by atoms with Gasteiger partial charge >= 0.3 is 0 Å². The smallest absolute Gasteiger partial charge is 0.243 e. The van der Waals surface area contributed by atoms with Gasteiger partial charge in [-0.05, 0) is 19.1 Å². The molecule has 1 amide bonds. The molecule has 110 valence electrons. The van der Waals surface area contributed by atoms with Gasteiger partial charge < -0.3 is 4.90 Å².